The fourth-order valence-corrected chi connectivity index (χ4v) is 3.84. The van der Waals surface area contributed by atoms with Crippen LogP contribution < -0.4 is 10.1 Å². The second-order valence-electron chi connectivity index (χ2n) is 7.82. The van der Waals surface area contributed by atoms with Gasteiger partial charge in [-0.2, -0.15) is 0 Å². The fraction of sp³-hybridized carbons (Fsp3) is 0.259. The number of hydrogen-bond donors (Lipinski definition) is 1. The highest BCUT2D eigenvalue weighted by Crippen LogP contribution is 2.26. The molecule has 6 nitrogen and oxygen atoms in total. The molecule has 2 amide bonds. The first-order valence-corrected chi connectivity index (χ1v) is 12.0. The van der Waals surface area contributed by atoms with Gasteiger partial charge in [-0.3, -0.25) is 9.59 Å². The Kier molecular flexibility index (Phi) is 10.4. The summed E-state index contributed by atoms with van der Waals surface area (Å²) in [4.78, 5) is 28.4. The molecule has 35 heavy (non-hydrogen) atoms. The topological polar surface area (TPSA) is 67.9 Å². The van der Waals surface area contributed by atoms with Crippen molar-refractivity contribution in [3.05, 3.63) is 100 Å². The average molecular weight is 515 g/mol. The van der Waals surface area contributed by atoms with Crippen LogP contribution >= 0.6 is 23.2 Å². The number of carbonyl (C=O) groups excluding carboxylic acids is 2. The lowest BCUT2D eigenvalue weighted by Crippen LogP contribution is -2.45. The van der Waals surface area contributed by atoms with E-state index in [0.717, 1.165) is 5.56 Å². The molecule has 0 aliphatic rings. The van der Waals surface area contributed by atoms with Gasteiger partial charge in [0.2, 0.25) is 5.91 Å². The highest BCUT2D eigenvalue weighted by atomic mass is 35.5. The Morgan fingerprint density at radius 2 is 1.63 bits per heavy atom. The number of nitrogens with zero attached hydrogens (tertiary/aromatic N) is 1. The Morgan fingerprint density at radius 3 is 2.31 bits per heavy atom. The molecule has 0 spiro atoms. The predicted octanol–water partition coefficient (Wildman–Crippen LogP) is 5.30. The second-order valence-corrected chi connectivity index (χ2v) is 8.66. The maximum atomic E-state index is 13.5. The molecule has 0 aliphatic heterocycles. The lowest BCUT2D eigenvalue weighted by molar-refractivity contribution is -0.143. The molecule has 0 aliphatic carbocycles. The van der Waals surface area contributed by atoms with E-state index in [-0.39, 0.29) is 25.0 Å². The van der Waals surface area contributed by atoms with Crippen LogP contribution in [0.2, 0.25) is 10.0 Å². The summed E-state index contributed by atoms with van der Waals surface area (Å²) in [5.74, 6) is -0.248. The molecule has 0 saturated carbocycles. The zero-order chi connectivity index (χ0) is 25.0. The van der Waals surface area contributed by atoms with Crippen LogP contribution in [0.15, 0.2) is 78.9 Å². The van der Waals surface area contributed by atoms with Gasteiger partial charge in [-0.15, -0.1) is 0 Å². The first kappa shape index (κ1) is 26.5. The molecule has 8 heteroatoms. The SMILES string of the molecule is COCCCNC(=O)[C@@H](c1ccccc1)N(Cc1ccc(Cl)cc1)C(=O)COc1ccccc1Cl. The van der Waals surface area contributed by atoms with Crippen molar-refractivity contribution in [3.8, 4) is 5.75 Å². The van der Waals surface area contributed by atoms with Crippen molar-refractivity contribution in [1.29, 1.82) is 0 Å². The first-order valence-electron chi connectivity index (χ1n) is 11.2. The molecule has 3 rings (SSSR count). The minimum atomic E-state index is -0.864. The van der Waals surface area contributed by atoms with Gasteiger partial charge >= 0.3 is 0 Å². The number of halogens is 2. The quantitative estimate of drug-likeness (QED) is 0.333. The number of ether oxygens (including phenoxy) is 2. The van der Waals surface area contributed by atoms with Crippen LogP contribution in [-0.2, 0) is 20.9 Å². The molecule has 3 aromatic carbocycles. The minimum absolute atomic E-state index is 0.187. The third-order valence-corrected chi connectivity index (χ3v) is 5.84. The van der Waals surface area contributed by atoms with Crippen LogP contribution in [0.3, 0.4) is 0 Å². The van der Waals surface area contributed by atoms with Crippen LogP contribution in [0.5, 0.6) is 5.75 Å². The molecule has 0 radical (unpaired) electrons. The summed E-state index contributed by atoms with van der Waals surface area (Å²) < 4.78 is 10.8. The van der Waals surface area contributed by atoms with Gasteiger partial charge in [-0.05, 0) is 41.8 Å². The van der Waals surface area contributed by atoms with Crippen molar-refractivity contribution in [3.63, 3.8) is 0 Å². The summed E-state index contributed by atoms with van der Waals surface area (Å²) >= 11 is 12.2. The Hall–Kier alpha value is -3.06. The van der Waals surface area contributed by atoms with Gasteiger partial charge in [0, 0.05) is 31.8 Å². The van der Waals surface area contributed by atoms with Gasteiger partial charge in [0.15, 0.2) is 6.61 Å². The Balaban J connectivity index is 1.90. The lowest BCUT2D eigenvalue weighted by atomic mass is 10.0. The lowest BCUT2D eigenvalue weighted by Gasteiger charge is -2.31. The maximum absolute atomic E-state index is 13.5. The number of nitrogens with one attached hydrogen (secondary N) is 1. The van der Waals surface area contributed by atoms with Crippen molar-refractivity contribution in [2.75, 3.05) is 26.9 Å². The Morgan fingerprint density at radius 1 is 0.943 bits per heavy atom. The summed E-state index contributed by atoms with van der Waals surface area (Å²) in [5, 5.41) is 3.92. The number of benzene rings is 3. The molecule has 0 unspecified atom stereocenters. The van der Waals surface area contributed by atoms with Crippen molar-refractivity contribution >= 4 is 35.0 Å². The summed E-state index contributed by atoms with van der Waals surface area (Å²) in [6.07, 6.45) is 0.657. The highest BCUT2D eigenvalue weighted by Gasteiger charge is 2.31. The van der Waals surface area contributed by atoms with Gasteiger partial charge in [-0.25, -0.2) is 0 Å². The van der Waals surface area contributed by atoms with Crippen LogP contribution in [0, 0.1) is 0 Å². The molecule has 0 bridgehead atoms. The van der Waals surface area contributed by atoms with Crippen molar-refractivity contribution in [2.24, 2.45) is 0 Å². The van der Waals surface area contributed by atoms with Crippen molar-refractivity contribution < 1.29 is 19.1 Å². The molecule has 1 atom stereocenters. The fourth-order valence-electron chi connectivity index (χ4n) is 3.53. The molecule has 0 saturated heterocycles. The molecule has 1 N–H and O–H groups in total. The molecule has 184 valence electrons. The second kappa shape index (κ2) is 13.7. The summed E-state index contributed by atoms with van der Waals surface area (Å²) in [6, 6.07) is 22.4. The van der Waals surface area contributed by atoms with E-state index < -0.39 is 6.04 Å². The van der Waals surface area contributed by atoms with E-state index in [1.165, 1.54) is 4.90 Å². The van der Waals surface area contributed by atoms with Crippen molar-refractivity contribution in [2.45, 2.75) is 19.0 Å². The van der Waals surface area contributed by atoms with Crippen molar-refractivity contribution in [1.82, 2.24) is 10.2 Å². The smallest absolute Gasteiger partial charge is 0.261 e. The summed E-state index contributed by atoms with van der Waals surface area (Å²) in [5.41, 5.74) is 1.52. The largest absolute Gasteiger partial charge is 0.482 e. The zero-order valence-electron chi connectivity index (χ0n) is 19.5. The van der Waals surface area contributed by atoms with Gasteiger partial charge in [-0.1, -0.05) is 77.8 Å². The van der Waals surface area contributed by atoms with Crippen LogP contribution in [0.1, 0.15) is 23.6 Å². The standard InChI is InChI=1S/C27H28Cl2N2O4/c1-34-17-7-16-30-27(33)26(21-8-3-2-4-9-21)31(18-20-12-14-22(28)15-13-20)25(32)19-35-24-11-6-5-10-23(24)29/h2-6,8-15,26H,7,16-19H2,1H3,(H,30,33)/t26-/m1/s1. The monoisotopic (exact) mass is 514 g/mol. The van der Waals surface area contributed by atoms with Crippen LogP contribution in [0.4, 0.5) is 0 Å². The number of para-hydroxylation sites is 1. The van der Waals surface area contributed by atoms with E-state index in [0.29, 0.717) is 40.9 Å². The first-order chi connectivity index (χ1) is 17.0. The van der Waals surface area contributed by atoms with Crippen LogP contribution in [0.25, 0.3) is 0 Å². The van der Waals surface area contributed by atoms with Gasteiger partial charge in [0.25, 0.3) is 5.91 Å². The third kappa shape index (κ3) is 7.99. The van der Waals surface area contributed by atoms with E-state index in [2.05, 4.69) is 5.32 Å². The summed E-state index contributed by atoms with van der Waals surface area (Å²) in [7, 11) is 1.61. The van der Waals surface area contributed by atoms with E-state index in [9.17, 15) is 9.59 Å². The molecular formula is C27H28Cl2N2O4. The molecule has 3 aromatic rings. The molecular weight excluding hydrogens is 487 g/mol. The number of carbonyl (C=O) groups is 2. The van der Waals surface area contributed by atoms with E-state index in [4.69, 9.17) is 32.7 Å². The Labute approximate surface area is 215 Å². The average Bonchev–Trinajstić information content (AvgIpc) is 2.87. The van der Waals surface area contributed by atoms with E-state index >= 15 is 0 Å². The Bertz CT molecular complexity index is 1090. The number of rotatable bonds is 12. The molecule has 0 aromatic heterocycles. The number of hydrogen-bond acceptors (Lipinski definition) is 4. The van der Waals surface area contributed by atoms with Gasteiger partial charge in [0.1, 0.15) is 11.8 Å². The van der Waals surface area contributed by atoms with Crippen LogP contribution in [-0.4, -0.2) is 43.6 Å². The number of methoxy groups -OCH3 is 1. The number of amides is 2. The van der Waals surface area contributed by atoms with E-state index in [1.54, 1.807) is 43.5 Å². The highest BCUT2D eigenvalue weighted by molar-refractivity contribution is 6.32. The normalized spacial score (nSPS) is 11.5. The van der Waals surface area contributed by atoms with Gasteiger partial charge in [0.05, 0.1) is 5.02 Å². The third-order valence-electron chi connectivity index (χ3n) is 5.27. The minimum Gasteiger partial charge on any atom is -0.482 e. The van der Waals surface area contributed by atoms with E-state index in [1.807, 2.05) is 42.5 Å². The zero-order valence-corrected chi connectivity index (χ0v) is 21.0. The maximum Gasteiger partial charge on any atom is 0.261 e. The predicted molar refractivity (Wildman–Crippen MR) is 138 cm³/mol. The van der Waals surface area contributed by atoms with Gasteiger partial charge < -0.3 is 19.7 Å². The molecule has 0 fully saturated rings. The summed E-state index contributed by atoms with van der Waals surface area (Å²) in [6.45, 7) is 0.856. The molecule has 0 heterocycles.